The van der Waals surface area contributed by atoms with Gasteiger partial charge in [-0.1, -0.05) is 5.92 Å². The number of halogens is 5. The second-order valence-corrected chi connectivity index (χ2v) is 1.96. The highest BCUT2D eigenvalue weighted by atomic mass is 19.4. The van der Waals surface area contributed by atoms with E-state index in [1.807, 2.05) is 0 Å². The third-order valence-corrected chi connectivity index (χ3v) is 0.992. The number of hydrogen-bond donors (Lipinski definition) is 1. The highest BCUT2D eigenvalue weighted by Gasteiger charge is 2.63. The molecule has 0 aliphatic carbocycles. The fraction of sp³-hybridized carbons (Fsp3) is 0.500. The van der Waals surface area contributed by atoms with E-state index in [0.717, 1.165) is 0 Å². The van der Waals surface area contributed by atoms with Gasteiger partial charge in [-0.05, 0) is 0 Å². The first-order chi connectivity index (χ1) is 5.73. The molecule has 0 aromatic heterocycles. The van der Waals surface area contributed by atoms with Gasteiger partial charge in [-0.2, -0.15) is 22.0 Å². The molecule has 2 nitrogen and oxygen atoms in total. The second kappa shape index (κ2) is 3.60. The van der Waals surface area contributed by atoms with Crippen molar-refractivity contribution in [2.24, 2.45) is 0 Å². The molecule has 0 saturated carbocycles. The SMILES string of the molecule is C#CCNC(=O)C(F)(F)C(F)(F)F. The van der Waals surface area contributed by atoms with E-state index >= 15 is 0 Å². The maximum absolute atomic E-state index is 12.0. The van der Waals surface area contributed by atoms with Crippen molar-refractivity contribution in [3.05, 3.63) is 0 Å². The quantitative estimate of drug-likeness (QED) is 0.522. The molecule has 1 amide bonds. The van der Waals surface area contributed by atoms with Crippen LogP contribution < -0.4 is 5.32 Å². The number of terminal acetylenes is 1. The van der Waals surface area contributed by atoms with Crippen molar-refractivity contribution in [1.29, 1.82) is 0 Å². The summed E-state index contributed by atoms with van der Waals surface area (Å²) in [5.41, 5.74) is 0. The van der Waals surface area contributed by atoms with Gasteiger partial charge in [-0.3, -0.25) is 4.79 Å². The van der Waals surface area contributed by atoms with Crippen LogP contribution in [0.2, 0.25) is 0 Å². The zero-order valence-corrected chi connectivity index (χ0v) is 6.08. The summed E-state index contributed by atoms with van der Waals surface area (Å²) in [5, 5.41) is 1.23. The summed E-state index contributed by atoms with van der Waals surface area (Å²) in [5.74, 6) is -6.16. The van der Waals surface area contributed by atoms with Crippen LogP contribution in [0.5, 0.6) is 0 Å². The van der Waals surface area contributed by atoms with Gasteiger partial charge in [-0.25, -0.2) is 0 Å². The van der Waals surface area contributed by atoms with E-state index in [-0.39, 0.29) is 0 Å². The number of amides is 1. The van der Waals surface area contributed by atoms with Gasteiger partial charge in [0, 0.05) is 0 Å². The molecule has 0 unspecified atom stereocenters. The maximum atomic E-state index is 12.0. The molecule has 7 heteroatoms. The van der Waals surface area contributed by atoms with Crippen LogP contribution in [0, 0.1) is 12.3 Å². The largest absolute Gasteiger partial charge is 0.463 e. The number of alkyl halides is 5. The normalized spacial score (nSPS) is 12.0. The highest BCUT2D eigenvalue weighted by Crippen LogP contribution is 2.35. The Balaban J connectivity index is 4.48. The van der Waals surface area contributed by atoms with Gasteiger partial charge in [0.2, 0.25) is 0 Å². The van der Waals surface area contributed by atoms with Gasteiger partial charge in [0.15, 0.2) is 0 Å². The first-order valence-electron chi connectivity index (χ1n) is 2.89. The van der Waals surface area contributed by atoms with Crippen LogP contribution in [0.4, 0.5) is 22.0 Å². The first-order valence-corrected chi connectivity index (χ1v) is 2.89. The van der Waals surface area contributed by atoms with E-state index in [4.69, 9.17) is 0 Å². The van der Waals surface area contributed by atoms with Crippen molar-refractivity contribution in [3.63, 3.8) is 0 Å². The van der Waals surface area contributed by atoms with Crippen molar-refractivity contribution in [2.45, 2.75) is 12.1 Å². The zero-order valence-electron chi connectivity index (χ0n) is 6.08. The minimum Gasteiger partial charge on any atom is -0.340 e. The third-order valence-electron chi connectivity index (χ3n) is 0.992. The smallest absolute Gasteiger partial charge is 0.340 e. The van der Waals surface area contributed by atoms with E-state index < -0.39 is 24.6 Å². The summed E-state index contributed by atoms with van der Waals surface area (Å²) in [6.07, 6.45) is -1.36. The minimum atomic E-state index is -5.90. The Labute approximate surface area is 70.1 Å². The molecule has 0 fully saturated rings. The van der Waals surface area contributed by atoms with Crippen LogP contribution in [-0.4, -0.2) is 24.6 Å². The second-order valence-electron chi connectivity index (χ2n) is 1.96. The van der Waals surface area contributed by atoms with Crippen LogP contribution in [0.1, 0.15) is 0 Å². The molecule has 0 aromatic carbocycles. The lowest BCUT2D eigenvalue weighted by molar-refractivity contribution is -0.269. The fourth-order valence-corrected chi connectivity index (χ4v) is 0.371. The van der Waals surface area contributed by atoms with E-state index in [9.17, 15) is 26.7 Å². The standard InChI is InChI=1S/C6H4F5NO/c1-2-3-12-4(13)5(7,8)6(9,10)11/h1H,3H2,(H,12,13). The van der Waals surface area contributed by atoms with Gasteiger partial charge in [0.25, 0.3) is 0 Å². The molecule has 0 bridgehead atoms. The van der Waals surface area contributed by atoms with Crippen LogP contribution in [0.15, 0.2) is 0 Å². The molecule has 74 valence electrons. The van der Waals surface area contributed by atoms with Crippen molar-refractivity contribution in [1.82, 2.24) is 5.32 Å². The lowest BCUT2D eigenvalue weighted by atomic mass is 10.3. The van der Waals surface area contributed by atoms with E-state index in [0.29, 0.717) is 0 Å². The molecule has 0 aromatic rings. The zero-order chi connectivity index (χ0) is 10.7. The topological polar surface area (TPSA) is 29.1 Å². The number of carbonyl (C=O) groups excluding carboxylic acids is 1. The molecule has 0 radical (unpaired) electrons. The lowest BCUT2D eigenvalue weighted by Crippen LogP contribution is -2.50. The number of carbonyl (C=O) groups is 1. The average molecular weight is 201 g/mol. The first kappa shape index (κ1) is 11.7. The Morgan fingerprint density at radius 2 is 1.77 bits per heavy atom. The van der Waals surface area contributed by atoms with Crippen LogP contribution in [-0.2, 0) is 4.79 Å². The predicted molar refractivity (Wildman–Crippen MR) is 32.8 cm³/mol. The predicted octanol–water partition coefficient (Wildman–Crippen LogP) is 0.933. The van der Waals surface area contributed by atoms with E-state index in [2.05, 4.69) is 6.42 Å². The third kappa shape index (κ3) is 2.57. The Morgan fingerprint density at radius 3 is 2.08 bits per heavy atom. The lowest BCUT2D eigenvalue weighted by Gasteiger charge is -2.17. The Morgan fingerprint density at radius 1 is 1.31 bits per heavy atom. The molecule has 0 spiro atoms. The summed E-state index contributed by atoms with van der Waals surface area (Å²) in [7, 11) is 0. The molecular weight excluding hydrogens is 197 g/mol. The summed E-state index contributed by atoms with van der Waals surface area (Å²) in [4.78, 5) is 10.2. The van der Waals surface area contributed by atoms with Crippen LogP contribution in [0.3, 0.4) is 0 Å². The van der Waals surface area contributed by atoms with Crippen molar-refractivity contribution in [3.8, 4) is 12.3 Å². The maximum Gasteiger partial charge on any atom is 0.463 e. The summed E-state index contributed by atoms with van der Waals surface area (Å²) >= 11 is 0. The molecule has 0 heterocycles. The Kier molecular flexibility index (Phi) is 3.23. The summed E-state index contributed by atoms with van der Waals surface area (Å²) in [6, 6.07) is 0. The molecule has 0 saturated heterocycles. The number of rotatable bonds is 2. The van der Waals surface area contributed by atoms with Crippen molar-refractivity contribution < 1.29 is 26.7 Å². The average Bonchev–Trinajstić information content (AvgIpc) is 1.97. The van der Waals surface area contributed by atoms with Gasteiger partial charge < -0.3 is 5.32 Å². The van der Waals surface area contributed by atoms with Gasteiger partial charge in [0.1, 0.15) is 0 Å². The molecule has 0 atom stereocenters. The van der Waals surface area contributed by atoms with Crippen LogP contribution in [0.25, 0.3) is 0 Å². The van der Waals surface area contributed by atoms with Gasteiger partial charge in [0.05, 0.1) is 6.54 Å². The molecule has 13 heavy (non-hydrogen) atoms. The van der Waals surface area contributed by atoms with E-state index in [1.54, 1.807) is 5.92 Å². The summed E-state index contributed by atoms with van der Waals surface area (Å²) in [6.45, 7) is -0.676. The van der Waals surface area contributed by atoms with E-state index in [1.165, 1.54) is 5.32 Å². The molecule has 0 aliphatic heterocycles. The van der Waals surface area contributed by atoms with Gasteiger partial charge in [-0.15, -0.1) is 6.42 Å². The van der Waals surface area contributed by atoms with Crippen molar-refractivity contribution >= 4 is 5.91 Å². The monoisotopic (exact) mass is 201 g/mol. The Hall–Kier alpha value is -1.32. The Bertz CT molecular complexity index is 238. The molecule has 0 aliphatic rings. The van der Waals surface area contributed by atoms with Crippen LogP contribution >= 0.6 is 0 Å². The molecule has 1 N–H and O–H groups in total. The fourth-order valence-electron chi connectivity index (χ4n) is 0.371. The molecule has 0 rings (SSSR count). The minimum absolute atomic E-state index is 0.676. The van der Waals surface area contributed by atoms with Gasteiger partial charge >= 0.3 is 18.0 Å². The summed E-state index contributed by atoms with van der Waals surface area (Å²) < 4.78 is 58.4. The molecular formula is C6H4F5NO. The highest BCUT2D eigenvalue weighted by molar-refractivity contribution is 5.84. The number of nitrogens with one attached hydrogen (secondary N) is 1. The van der Waals surface area contributed by atoms with Crippen molar-refractivity contribution in [2.75, 3.05) is 6.54 Å². The number of hydrogen-bond acceptors (Lipinski definition) is 1.